The number of aromatic nitrogens is 3. The standard InChI is InChI=1S/C26H23N5O5/c1-17-10-12-18(13-11-17)14-27-25(34)19-6-2-4-8-21(19)28-23(32)16-36-24(33)15-31-26(35)20-7-3-5-9-22(20)29-30-31/h2-13H,14-16H2,1H3,(H,27,34)(H,28,32). The van der Waals surface area contributed by atoms with Gasteiger partial charge in [0, 0.05) is 6.54 Å². The smallest absolute Gasteiger partial charge is 0.328 e. The number of aryl methyl sites for hydroxylation is 1. The predicted molar refractivity (Wildman–Crippen MR) is 132 cm³/mol. The second-order valence-electron chi connectivity index (χ2n) is 7.99. The van der Waals surface area contributed by atoms with Crippen molar-refractivity contribution < 1.29 is 19.1 Å². The third kappa shape index (κ3) is 5.98. The summed E-state index contributed by atoms with van der Waals surface area (Å²) in [7, 11) is 0. The molecule has 0 aliphatic rings. The Morgan fingerprint density at radius 2 is 1.67 bits per heavy atom. The summed E-state index contributed by atoms with van der Waals surface area (Å²) in [6, 6.07) is 20.9. The van der Waals surface area contributed by atoms with Gasteiger partial charge in [-0.3, -0.25) is 19.2 Å². The molecule has 4 aromatic rings. The number of anilines is 1. The maximum atomic E-state index is 12.7. The van der Waals surface area contributed by atoms with Gasteiger partial charge >= 0.3 is 5.97 Å². The Hall–Kier alpha value is -4.86. The van der Waals surface area contributed by atoms with Crippen LogP contribution in [0.4, 0.5) is 5.69 Å². The number of carbonyl (C=O) groups is 3. The molecule has 3 aromatic carbocycles. The number of benzene rings is 3. The van der Waals surface area contributed by atoms with Crippen molar-refractivity contribution >= 4 is 34.4 Å². The number of hydrogen-bond donors (Lipinski definition) is 2. The van der Waals surface area contributed by atoms with Crippen molar-refractivity contribution in [2.45, 2.75) is 20.0 Å². The van der Waals surface area contributed by atoms with Crippen molar-refractivity contribution in [2.24, 2.45) is 0 Å². The highest BCUT2D eigenvalue weighted by molar-refractivity contribution is 6.04. The van der Waals surface area contributed by atoms with Gasteiger partial charge in [-0.1, -0.05) is 59.3 Å². The summed E-state index contributed by atoms with van der Waals surface area (Å²) in [6.07, 6.45) is 0. The zero-order chi connectivity index (χ0) is 25.5. The molecule has 0 saturated heterocycles. The molecule has 182 valence electrons. The van der Waals surface area contributed by atoms with Gasteiger partial charge in [-0.2, -0.15) is 4.68 Å². The van der Waals surface area contributed by atoms with Crippen LogP contribution in [-0.2, 0) is 27.4 Å². The van der Waals surface area contributed by atoms with E-state index in [2.05, 4.69) is 20.9 Å². The number of nitrogens with zero attached hydrogens (tertiary/aromatic N) is 3. The van der Waals surface area contributed by atoms with Crippen molar-refractivity contribution in [3.05, 3.63) is 99.8 Å². The SMILES string of the molecule is Cc1ccc(CNC(=O)c2ccccc2NC(=O)COC(=O)Cn2nnc3ccccc3c2=O)cc1. The fourth-order valence-electron chi connectivity index (χ4n) is 3.40. The average Bonchev–Trinajstić information content (AvgIpc) is 2.89. The molecule has 0 radical (unpaired) electrons. The monoisotopic (exact) mass is 485 g/mol. The molecule has 0 bridgehead atoms. The summed E-state index contributed by atoms with van der Waals surface area (Å²) < 4.78 is 5.85. The maximum Gasteiger partial charge on any atom is 0.328 e. The summed E-state index contributed by atoms with van der Waals surface area (Å²) in [5.41, 5.74) is 2.52. The van der Waals surface area contributed by atoms with E-state index in [1.165, 1.54) is 0 Å². The molecule has 2 N–H and O–H groups in total. The van der Waals surface area contributed by atoms with Gasteiger partial charge in [0.15, 0.2) is 6.61 Å². The zero-order valence-electron chi connectivity index (χ0n) is 19.4. The van der Waals surface area contributed by atoms with Crippen LogP contribution in [-0.4, -0.2) is 39.4 Å². The van der Waals surface area contributed by atoms with Gasteiger partial charge in [0.05, 0.1) is 16.6 Å². The second-order valence-corrected chi connectivity index (χ2v) is 7.99. The molecule has 0 aliphatic heterocycles. The van der Waals surface area contributed by atoms with E-state index in [0.29, 0.717) is 17.4 Å². The molecule has 4 rings (SSSR count). The van der Waals surface area contributed by atoms with Gasteiger partial charge < -0.3 is 15.4 Å². The number of esters is 1. The van der Waals surface area contributed by atoms with E-state index in [1.807, 2.05) is 31.2 Å². The fraction of sp³-hybridized carbons (Fsp3) is 0.154. The van der Waals surface area contributed by atoms with Crippen LogP contribution < -0.4 is 16.2 Å². The molecular weight excluding hydrogens is 462 g/mol. The summed E-state index contributed by atoms with van der Waals surface area (Å²) in [5.74, 6) is -1.84. The van der Waals surface area contributed by atoms with Gasteiger partial charge in [-0.05, 0) is 36.8 Å². The predicted octanol–water partition coefficient (Wildman–Crippen LogP) is 2.21. The molecule has 0 saturated carbocycles. The number of ether oxygens (including phenoxy) is 1. The van der Waals surface area contributed by atoms with E-state index in [-0.39, 0.29) is 17.2 Å². The molecule has 2 amide bonds. The molecule has 0 unspecified atom stereocenters. The van der Waals surface area contributed by atoms with Crippen LogP contribution in [0.25, 0.3) is 10.9 Å². The first kappa shape index (κ1) is 24.3. The van der Waals surface area contributed by atoms with Crippen molar-refractivity contribution in [1.82, 2.24) is 20.3 Å². The molecule has 36 heavy (non-hydrogen) atoms. The molecule has 0 fully saturated rings. The van der Waals surface area contributed by atoms with Gasteiger partial charge in [-0.25, -0.2) is 0 Å². The lowest BCUT2D eigenvalue weighted by Gasteiger charge is -2.12. The molecule has 10 heteroatoms. The highest BCUT2D eigenvalue weighted by atomic mass is 16.5. The normalized spacial score (nSPS) is 10.6. The lowest BCUT2D eigenvalue weighted by molar-refractivity contribution is -0.148. The van der Waals surface area contributed by atoms with Crippen molar-refractivity contribution in [3.8, 4) is 0 Å². The molecule has 1 aromatic heterocycles. The van der Waals surface area contributed by atoms with E-state index >= 15 is 0 Å². The van der Waals surface area contributed by atoms with Gasteiger partial charge in [0.25, 0.3) is 17.4 Å². The van der Waals surface area contributed by atoms with Gasteiger partial charge in [-0.15, -0.1) is 5.10 Å². The number of rotatable bonds is 8. The van der Waals surface area contributed by atoms with E-state index in [9.17, 15) is 19.2 Å². The first-order valence-corrected chi connectivity index (χ1v) is 11.1. The fourth-order valence-corrected chi connectivity index (χ4v) is 3.40. The van der Waals surface area contributed by atoms with E-state index < -0.39 is 30.6 Å². The topological polar surface area (TPSA) is 132 Å². The molecule has 0 aliphatic carbocycles. The average molecular weight is 486 g/mol. The van der Waals surface area contributed by atoms with Crippen LogP contribution in [0.3, 0.4) is 0 Å². The number of hydrogen-bond acceptors (Lipinski definition) is 7. The first-order valence-electron chi connectivity index (χ1n) is 11.1. The lowest BCUT2D eigenvalue weighted by Crippen LogP contribution is -2.30. The third-order valence-electron chi connectivity index (χ3n) is 5.29. The summed E-state index contributed by atoms with van der Waals surface area (Å²) in [4.78, 5) is 49.7. The summed E-state index contributed by atoms with van der Waals surface area (Å²) in [5, 5.41) is 13.3. The Morgan fingerprint density at radius 1 is 0.944 bits per heavy atom. The van der Waals surface area contributed by atoms with Gasteiger partial charge in [0.1, 0.15) is 12.1 Å². The van der Waals surface area contributed by atoms with E-state index in [1.54, 1.807) is 48.5 Å². The van der Waals surface area contributed by atoms with Crippen molar-refractivity contribution in [1.29, 1.82) is 0 Å². The van der Waals surface area contributed by atoms with Crippen LogP contribution in [0, 0.1) is 6.92 Å². The largest absolute Gasteiger partial charge is 0.454 e. The minimum Gasteiger partial charge on any atom is -0.454 e. The van der Waals surface area contributed by atoms with Gasteiger partial charge in [0.2, 0.25) is 0 Å². The molecule has 10 nitrogen and oxygen atoms in total. The molecule has 1 heterocycles. The number of amides is 2. The zero-order valence-corrected chi connectivity index (χ0v) is 19.4. The Labute approximate surface area is 205 Å². The van der Waals surface area contributed by atoms with Crippen LogP contribution in [0.15, 0.2) is 77.6 Å². The molecular formula is C26H23N5O5. The van der Waals surface area contributed by atoms with Crippen LogP contribution in [0.5, 0.6) is 0 Å². The highest BCUT2D eigenvalue weighted by Gasteiger charge is 2.15. The Bertz CT molecular complexity index is 1480. The van der Waals surface area contributed by atoms with Crippen LogP contribution in [0.1, 0.15) is 21.5 Å². The summed E-state index contributed by atoms with van der Waals surface area (Å²) in [6.45, 7) is 1.21. The van der Waals surface area contributed by atoms with E-state index in [0.717, 1.165) is 15.8 Å². The number of para-hydroxylation sites is 1. The second kappa shape index (κ2) is 11.0. The Kier molecular flexibility index (Phi) is 7.45. The van der Waals surface area contributed by atoms with Crippen molar-refractivity contribution in [2.75, 3.05) is 11.9 Å². The van der Waals surface area contributed by atoms with E-state index in [4.69, 9.17) is 4.74 Å². The maximum absolute atomic E-state index is 12.7. The number of fused-ring (bicyclic) bond motifs is 1. The number of carbonyl (C=O) groups excluding carboxylic acids is 3. The quantitative estimate of drug-likeness (QED) is 0.366. The Balaban J connectivity index is 1.32. The highest BCUT2D eigenvalue weighted by Crippen LogP contribution is 2.15. The molecule has 0 atom stereocenters. The van der Waals surface area contributed by atoms with Crippen LogP contribution in [0.2, 0.25) is 0 Å². The lowest BCUT2D eigenvalue weighted by atomic mass is 10.1. The third-order valence-corrected chi connectivity index (χ3v) is 5.29. The number of nitrogens with one attached hydrogen (secondary N) is 2. The van der Waals surface area contributed by atoms with Crippen molar-refractivity contribution in [3.63, 3.8) is 0 Å². The Morgan fingerprint density at radius 3 is 2.47 bits per heavy atom. The van der Waals surface area contributed by atoms with Crippen LogP contribution >= 0.6 is 0 Å². The first-order chi connectivity index (χ1) is 17.4. The summed E-state index contributed by atoms with van der Waals surface area (Å²) >= 11 is 0. The minimum atomic E-state index is -0.832. The minimum absolute atomic E-state index is 0.266. The molecule has 0 spiro atoms.